The van der Waals surface area contributed by atoms with Crippen LogP contribution in [0.5, 0.6) is 0 Å². The van der Waals surface area contributed by atoms with Crippen molar-refractivity contribution in [3.63, 3.8) is 0 Å². The predicted molar refractivity (Wildman–Crippen MR) is 80.0 cm³/mol. The molecule has 3 N–H and O–H groups in total. The Morgan fingerprint density at radius 2 is 2.05 bits per heavy atom. The lowest BCUT2D eigenvalue weighted by molar-refractivity contribution is -0.131. The Labute approximate surface area is 121 Å². The van der Waals surface area contributed by atoms with E-state index in [-0.39, 0.29) is 11.3 Å². The lowest BCUT2D eigenvalue weighted by atomic mass is 9.79. The molecule has 0 radical (unpaired) electrons. The Kier molecular flexibility index (Phi) is 5.12. The van der Waals surface area contributed by atoms with Crippen LogP contribution in [0.15, 0.2) is 18.5 Å². The highest BCUT2D eigenvalue weighted by Crippen LogP contribution is 2.34. The van der Waals surface area contributed by atoms with E-state index in [1.165, 1.54) is 12.8 Å². The fraction of sp³-hybridized carbons (Fsp3) is 0.625. The van der Waals surface area contributed by atoms with Crippen LogP contribution in [0.1, 0.15) is 49.7 Å². The van der Waals surface area contributed by atoms with Gasteiger partial charge in [-0.2, -0.15) is 0 Å². The second kappa shape index (κ2) is 6.84. The lowest BCUT2D eigenvalue weighted by Crippen LogP contribution is -2.45. The van der Waals surface area contributed by atoms with Gasteiger partial charge in [-0.1, -0.05) is 25.7 Å². The number of carbonyl (C=O) groups is 1. The molecular weight excluding hydrogens is 250 g/mol. The Morgan fingerprint density at radius 1 is 1.35 bits per heavy atom. The number of nitrogens with zero attached hydrogens (tertiary/aromatic N) is 1. The smallest absolute Gasteiger partial charge is 0.227 e. The van der Waals surface area contributed by atoms with Crippen molar-refractivity contribution in [2.75, 3.05) is 6.54 Å². The van der Waals surface area contributed by atoms with Gasteiger partial charge in [0.05, 0.1) is 5.41 Å². The number of aryl methyl sites for hydroxylation is 1. The molecule has 1 aromatic heterocycles. The minimum atomic E-state index is -0.355. The molecule has 0 bridgehead atoms. The molecule has 0 unspecified atom stereocenters. The van der Waals surface area contributed by atoms with Crippen molar-refractivity contribution in [1.82, 2.24) is 10.3 Å². The number of carbonyl (C=O) groups excluding carboxylic acids is 1. The van der Waals surface area contributed by atoms with Gasteiger partial charge in [0, 0.05) is 25.5 Å². The van der Waals surface area contributed by atoms with Gasteiger partial charge < -0.3 is 11.1 Å². The van der Waals surface area contributed by atoms with Crippen LogP contribution in [0.3, 0.4) is 0 Å². The maximum Gasteiger partial charge on any atom is 0.227 e. The fourth-order valence-electron chi connectivity index (χ4n) is 2.97. The number of hydrogen-bond donors (Lipinski definition) is 2. The highest BCUT2D eigenvalue weighted by Gasteiger charge is 2.36. The van der Waals surface area contributed by atoms with Gasteiger partial charge in [-0.25, -0.2) is 0 Å². The zero-order valence-corrected chi connectivity index (χ0v) is 12.3. The molecule has 0 aromatic carbocycles. The minimum Gasteiger partial charge on any atom is -0.351 e. The van der Waals surface area contributed by atoms with E-state index < -0.39 is 0 Å². The second-order valence-corrected chi connectivity index (χ2v) is 5.88. The Morgan fingerprint density at radius 3 is 2.65 bits per heavy atom. The van der Waals surface area contributed by atoms with Crippen molar-refractivity contribution >= 4 is 5.91 Å². The van der Waals surface area contributed by atoms with Crippen LogP contribution in [0.2, 0.25) is 0 Å². The number of nitrogens with one attached hydrogen (secondary N) is 1. The summed E-state index contributed by atoms with van der Waals surface area (Å²) in [6, 6.07) is 1.96. The Balaban J connectivity index is 2.00. The van der Waals surface area contributed by atoms with E-state index in [2.05, 4.69) is 10.3 Å². The van der Waals surface area contributed by atoms with Gasteiger partial charge in [-0.3, -0.25) is 9.78 Å². The summed E-state index contributed by atoms with van der Waals surface area (Å²) in [6.07, 6.45) is 10.1. The summed E-state index contributed by atoms with van der Waals surface area (Å²) >= 11 is 0. The summed E-state index contributed by atoms with van der Waals surface area (Å²) in [7, 11) is 0. The van der Waals surface area contributed by atoms with Gasteiger partial charge in [0.15, 0.2) is 0 Å². The zero-order valence-electron chi connectivity index (χ0n) is 12.3. The van der Waals surface area contributed by atoms with Crippen LogP contribution in [-0.4, -0.2) is 17.4 Å². The first kappa shape index (κ1) is 15.0. The van der Waals surface area contributed by atoms with Gasteiger partial charge >= 0.3 is 0 Å². The van der Waals surface area contributed by atoms with Crippen molar-refractivity contribution in [3.8, 4) is 0 Å². The summed E-state index contributed by atoms with van der Waals surface area (Å²) < 4.78 is 0. The van der Waals surface area contributed by atoms with Crippen LogP contribution in [0, 0.1) is 12.3 Å². The van der Waals surface area contributed by atoms with E-state index in [4.69, 9.17) is 5.73 Å². The average Bonchev–Trinajstić information content (AvgIpc) is 2.72. The molecule has 0 aliphatic heterocycles. The van der Waals surface area contributed by atoms with Gasteiger partial charge in [0.25, 0.3) is 0 Å². The van der Waals surface area contributed by atoms with Crippen LogP contribution < -0.4 is 11.1 Å². The van der Waals surface area contributed by atoms with Gasteiger partial charge in [-0.15, -0.1) is 0 Å². The highest BCUT2D eigenvalue weighted by molar-refractivity contribution is 5.82. The van der Waals surface area contributed by atoms with E-state index in [1.54, 1.807) is 6.20 Å². The first-order valence-electron chi connectivity index (χ1n) is 7.56. The maximum absolute atomic E-state index is 12.6. The first-order valence-corrected chi connectivity index (χ1v) is 7.56. The molecular formula is C16H25N3O. The Bertz CT molecular complexity index is 451. The summed E-state index contributed by atoms with van der Waals surface area (Å²) in [4.78, 5) is 16.7. The number of rotatable bonds is 4. The zero-order chi connectivity index (χ0) is 14.4. The van der Waals surface area contributed by atoms with Crippen molar-refractivity contribution in [2.24, 2.45) is 11.1 Å². The van der Waals surface area contributed by atoms with Crippen LogP contribution >= 0.6 is 0 Å². The topological polar surface area (TPSA) is 68.0 Å². The van der Waals surface area contributed by atoms with Gasteiger partial charge in [0.1, 0.15) is 0 Å². The number of hydrogen-bond acceptors (Lipinski definition) is 3. The predicted octanol–water partition coefficient (Wildman–Crippen LogP) is 2.31. The summed E-state index contributed by atoms with van der Waals surface area (Å²) in [5.74, 6) is 0.116. The molecule has 0 atom stereocenters. The van der Waals surface area contributed by atoms with Gasteiger partial charge in [0.2, 0.25) is 5.91 Å². The highest BCUT2D eigenvalue weighted by atomic mass is 16.2. The molecule has 1 aliphatic rings. The number of aromatic nitrogens is 1. The molecule has 4 heteroatoms. The number of amides is 1. The largest absolute Gasteiger partial charge is 0.351 e. The van der Waals surface area contributed by atoms with E-state index in [0.717, 1.165) is 36.8 Å². The molecule has 1 aromatic rings. The monoisotopic (exact) mass is 275 g/mol. The lowest BCUT2D eigenvalue weighted by Gasteiger charge is -2.30. The van der Waals surface area contributed by atoms with E-state index >= 15 is 0 Å². The summed E-state index contributed by atoms with van der Waals surface area (Å²) in [5, 5.41) is 3.07. The van der Waals surface area contributed by atoms with Crippen molar-refractivity contribution in [3.05, 3.63) is 29.6 Å². The standard InChI is InChI=1S/C16H25N3O/c1-13-6-9-18-10-14(13)11-19-15(20)16(12-17)7-4-2-3-5-8-16/h6,9-10H,2-5,7-8,11-12,17H2,1H3,(H,19,20). The van der Waals surface area contributed by atoms with E-state index in [1.807, 2.05) is 19.2 Å². The molecule has 0 saturated heterocycles. The maximum atomic E-state index is 12.6. The first-order chi connectivity index (χ1) is 9.68. The second-order valence-electron chi connectivity index (χ2n) is 5.88. The van der Waals surface area contributed by atoms with Crippen LogP contribution in [-0.2, 0) is 11.3 Å². The number of pyridine rings is 1. The van der Waals surface area contributed by atoms with Crippen molar-refractivity contribution < 1.29 is 4.79 Å². The van der Waals surface area contributed by atoms with Gasteiger partial charge in [-0.05, 0) is 37.0 Å². The molecule has 2 rings (SSSR count). The summed E-state index contributed by atoms with van der Waals surface area (Å²) in [5.41, 5.74) is 7.81. The van der Waals surface area contributed by atoms with E-state index in [9.17, 15) is 4.79 Å². The molecule has 1 heterocycles. The third kappa shape index (κ3) is 3.37. The molecule has 20 heavy (non-hydrogen) atoms. The molecule has 1 aliphatic carbocycles. The number of nitrogens with two attached hydrogens (primary N) is 1. The SMILES string of the molecule is Cc1ccncc1CNC(=O)C1(CN)CCCCCC1. The third-order valence-electron chi connectivity index (χ3n) is 4.52. The Hall–Kier alpha value is -1.42. The van der Waals surface area contributed by atoms with Crippen molar-refractivity contribution in [2.45, 2.75) is 52.0 Å². The van der Waals surface area contributed by atoms with Crippen LogP contribution in [0.4, 0.5) is 0 Å². The quantitative estimate of drug-likeness (QED) is 0.829. The molecule has 4 nitrogen and oxygen atoms in total. The average molecular weight is 275 g/mol. The molecule has 1 fully saturated rings. The molecule has 1 amide bonds. The third-order valence-corrected chi connectivity index (χ3v) is 4.52. The normalized spacial score (nSPS) is 18.3. The van der Waals surface area contributed by atoms with Crippen LogP contribution in [0.25, 0.3) is 0 Å². The van der Waals surface area contributed by atoms with Crippen molar-refractivity contribution in [1.29, 1.82) is 0 Å². The molecule has 1 saturated carbocycles. The molecule has 110 valence electrons. The van der Waals surface area contributed by atoms with E-state index in [0.29, 0.717) is 13.1 Å². The molecule has 0 spiro atoms. The summed E-state index contributed by atoms with van der Waals surface area (Å²) in [6.45, 7) is 3.03. The fourth-order valence-corrected chi connectivity index (χ4v) is 2.97. The minimum absolute atomic E-state index is 0.116.